The molecule has 162 valence electrons. The third-order valence-electron chi connectivity index (χ3n) is 4.76. The number of amides is 1. The molecular formula is C22H34N2O5. The minimum absolute atomic E-state index is 0.338. The summed E-state index contributed by atoms with van der Waals surface area (Å²) in [5.74, 6) is -1.06. The van der Waals surface area contributed by atoms with Crippen LogP contribution in [0.4, 0.5) is 4.79 Å². The van der Waals surface area contributed by atoms with E-state index in [0.717, 1.165) is 31.4 Å². The normalized spacial score (nSPS) is 14.7. The lowest BCUT2D eigenvalue weighted by molar-refractivity contribution is -0.139. The number of carboxylic acids is 1. The van der Waals surface area contributed by atoms with Crippen LogP contribution in [0.3, 0.4) is 0 Å². The first-order chi connectivity index (χ1) is 13.7. The van der Waals surface area contributed by atoms with Gasteiger partial charge in [0.2, 0.25) is 0 Å². The number of carbonyl (C=O) groups is 2. The predicted octanol–water partition coefficient (Wildman–Crippen LogP) is 3.67. The molecule has 0 aromatic carbocycles. The van der Waals surface area contributed by atoms with E-state index in [1.165, 1.54) is 24.1 Å². The van der Waals surface area contributed by atoms with Gasteiger partial charge in [-0.15, -0.1) is 0 Å². The zero-order valence-corrected chi connectivity index (χ0v) is 17.8. The Morgan fingerprint density at radius 3 is 2.66 bits per heavy atom. The highest BCUT2D eigenvalue weighted by Gasteiger charge is 2.23. The number of fused-ring (bicyclic) bond motifs is 1. The second kappa shape index (κ2) is 11.1. The van der Waals surface area contributed by atoms with Gasteiger partial charge in [-0.25, -0.2) is 9.59 Å². The second-order valence-corrected chi connectivity index (χ2v) is 8.51. The number of aromatic nitrogens is 1. The molecule has 7 heteroatoms. The molecule has 1 aromatic rings. The Morgan fingerprint density at radius 1 is 1.17 bits per heavy atom. The van der Waals surface area contributed by atoms with Crippen molar-refractivity contribution in [3.63, 3.8) is 0 Å². The van der Waals surface area contributed by atoms with Gasteiger partial charge in [0.05, 0.1) is 6.61 Å². The molecule has 2 rings (SSSR count). The number of carboxylic acid groups (broad SMARTS) is 1. The van der Waals surface area contributed by atoms with Crippen molar-refractivity contribution in [1.82, 2.24) is 10.3 Å². The molecule has 0 aliphatic heterocycles. The summed E-state index contributed by atoms with van der Waals surface area (Å²) in [5.41, 5.74) is 3.03. The fraction of sp³-hybridized carbons (Fsp3) is 0.682. The monoisotopic (exact) mass is 406 g/mol. The topological polar surface area (TPSA) is 97.8 Å². The fourth-order valence-electron chi connectivity index (χ4n) is 3.31. The molecule has 0 saturated carbocycles. The number of aryl methyl sites for hydroxylation is 2. The lowest BCUT2D eigenvalue weighted by Gasteiger charge is -2.22. The van der Waals surface area contributed by atoms with Gasteiger partial charge in [0.15, 0.2) is 0 Å². The van der Waals surface area contributed by atoms with Crippen LogP contribution in [-0.4, -0.2) is 47.0 Å². The van der Waals surface area contributed by atoms with Crippen LogP contribution < -0.4 is 5.32 Å². The van der Waals surface area contributed by atoms with Gasteiger partial charge in [0.25, 0.3) is 0 Å². The molecule has 0 fully saturated rings. The van der Waals surface area contributed by atoms with Crippen LogP contribution in [-0.2, 0) is 33.5 Å². The molecule has 7 nitrogen and oxygen atoms in total. The van der Waals surface area contributed by atoms with Crippen molar-refractivity contribution in [2.75, 3.05) is 13.2 Å². The van der Waals surface area contributed by atoms with Crippen molar-refractivity contribution in [1.29, 1.82) is 0 Å². The quantitative estimate of drug-likeness (QED) is 0.576. The predicted molar refractivity (Wildman–Crippen MR) is 110 cm³/mol. The van der Waals surface area contributed by atoms with Gasteiger partial charge >= 0.3 is 12.1 Å². The molecule has 1 amide bonds. The number of carbonyl (C=O) groups excluding carboxylic acids is 1. The van der Waals surface area contributed by atoms with Gasteiger partial charge in [0, 0.05) is 24.4 Å². The van der Waals surface area contributed by atoms with Gasteiger partial charge in [-0.3, -0.25) is 4.98 Å². The van der Waals surface area contributed by atoms with Crippen LogP contribution in [0.2, 0.25) is 0 Å². The van der Waals surface area contributed by atoms with Crippen LogP contribution in [0.5, 0.6) is 0 Å². The summed E-state index contributed by atoms with van der Waals surface area (Å²) >= 11 is 0. The number of hydrogen-bond acceptors (Lipinski definition) is 5. The number of aliphatic carboxylic acids is 1. The van der Waals surface area contributed by atoms with E-state index in [1.807, 2.05) is 0 Å². The van der Waals surface area contributed by atoms with Gasteiger partial charge in [0.1, 0.15) is 11.6 Å². The molecular weight excluding hydrogens is 372 g/mol. The summed E-state index contributed by atoms with van der Waals surface area (Å²) in [6.45, 7) is 6.37. The summed E-state index contributed by atoms with van der Waals surface area (Å²) < 4.78 is 10.8. The number of nitrogens with one attached hydrogen (secondary N) is 1. The van der Waals surface area contributed by atoms with Crippen LogP contribution in [0, 0.1) is 0 Å². The van der Waals surface area contributed by atoms with Crippen LogP contribution >= 0.6 is 0 Å². The molecule has 0 saturated heterocycles. The Labute approximate surface area is 173 Å². The summed E-state index contributed by atoms with van der Waals surface area (Å²) in [6, 6.07) is 3.33. The van der Waals surface area contributed by atoms with E-state index in [2.05, 4.69) is 17.4 Å². The number of alkyl carbamates (subject to hydrolysis) is 1. The Hall–Kier alpha value is -2.15. The molecule has 29 heavy (non-hydrogen) atoms. The Morgan fingerprint density at radius 2 is 1.93 bits per heavy atom. The molecule has 1 heterocycles. The van der Waals surface area contributed by atoms with Crippen LogP contribution in [0.25, 0.3) is 0 Å². The molecule has 1 unspecified atom stereocenters. The maximum Gasteiger partial charge on any atom is 0.408 e. The van der Waals surface area contributed by atoms with E-state index in [9.17, 15) is 14.7 Å². The maximum absolute atomic E-state index is 11.7. The molecule has 0 spiro atoms. The largest absolute Gasteiger partial charge is 0.480 e. The number of hydrogen-bond donors (Lipinski definition) is 2. The van der Waals surface area contributed by atoms with Crippen molar-refractivity contribution in [2.45, 2.75) is 83.8 Å². The number of ether oxygens (including phenoxy) is 2. The van der Waals surface area contributed by atoms with Crippen molar-refractivity contribution < 1.29 is 24.2 Å². The maximum atomic E-state index is 11.7. The average molecular weight is 407 g/mol. The third-order valence-corrected chi connectivity index (χ3v) is 4.76. The molecule has 1 aliphatic carbocycles. The minimum Gasteiger partial charge on any atom is -0.480 e. The number of pyridine rings is 1. The van der Waals surface area contributed by atoms with Gasteiger partial charge in [-0.1, -0.05) is 6.07 Å². The highest BCUT2D eigenvalue weighted by atomic mass is 16.6. The first-order valence-electron chi connectivity index (χ1n) is 10.5. The van der Waals surface area contributed by atoms with Gasteiger partial charge in [-0.2, -0.15) is 0 Å². The molecule has 1 atom stereocenters. The number of nitrogens with zero attached hydrogens (tertiary/aromatic N) is 1. The Bertz CT molecular complexity index is 684. The van der Waals surface area contributed by atoms with Crippen LogP contribution in [0.1, 0.15) is 69.8 Å². The third kappa shape index (κ3) is 8.81. The molecule has 1 aliphatic rings. The smallest absolute Gasteiger partial charge is 0.408 e. The van der Waals surface area contributed by atoms with Gasteiger partial charge in [-0.05, 0) is 77.3 Å². The molecule has 0 bridgehead atoms. The number of unbranched alkanes of at least 4 members (excludes halogenated alkanes) is 1. The highest BCUT2D eigenvalue weighted by molar-refractivity contribution is 5.79. The van der Waals surface area contributed by atoms with Crippen molar-refractivity contribution in [2.24, 2.45) is 0 Å². The standard InChI is InChI=1S/C22H34N2O5/c1-22(2,3)29-21(27)24-19(20(25)26)10-6-7-14-28-15-13-17-12-11-16-8-4-5-9-18(16)23-17/h11-12,19H,4-10,13-15H2,1-3H3,(H,24,27)(H,25,26). The molecule has 0 radical (unpaired) electrons. The first-order valence-corrected chi connectivity index (χ1v) is 10.5. The van der Waals surface area contributed by atoms with Crippen molar-refractivity contribution in [3.8, 4) is 0 Å². The summed E-state index contributed by atoms with van der Waals surface area (Å²) in [4.78, 5) is 27.8. The van der Waals surface area contributed by atoms with E-state index < -0.39 is 23.7 Å². The summed E-state index contributed by atoms with van der Waals surface area (Å²) in [5, 5.41) is 11.7. The van der Waals surface area contributed by atoms with E-state index in [0.29, 0.717) is 26.1 Å². The SMILES string of the molecule is CC(C)(C)OC(=O)NC(CCCCOCCc1ccc2c(n1)CCCC2)C(=O)O. The van der Waals surface area contributed by atoms with E-state index in [-0.39, 0.29) is 0 Å². The Kier molecular flexibility index (Phi) is 8.89. The highest BCUT2D eigenvalue weighted by Crippen LogP contribution is 2.19. The molecule has 2 N–H and O–H groups in total. The average Bonchev–Trinajstić information content (AvgIpc) is 2.64. The first kappa shape index (κ1) is 23.1. The minimum atomic E-state index is -1.06. The lowest BCUT2D eigenvalue weighted by Crippen LogP contribution is -2.43. The van der Waals surface area contributed by atoms with Crippen molar-refractivity contribution in [3.05, 3.63) is 29.1 Å². The number of rotatable bonds is 10. The lowest BCUT2D eigenvalue weighted by atomic mass is 9.96. The van der Waals surface area contributed by atoms with Crippen molar-refractivity contribution >= 4 is 12.1 Å². The van der Waals surface area contributed by atoms with Gasteiger partial charge < -0.3 is 19.9 Å². The molecule has 1 aromatic heterocycles. The summed E-state index contributed by atoms with van der Waals surface area (Å²) in [6.07, 6.45) is 6.48. The van der Waals surface area contributed by atoms with Crippen LogP contribution in [0.15, 0.2) is 12.1 Å². The Balaban J connectivity index is 1.60. The van der Waals surface area contributed by atoms with E-state index in [1.54, 1.807) is 20.8 Å². The zero-order chi connectivity index (χ0) is 21.3. The summed E-state index contributed by atoms with van der Waals surface area (Å²) in [7, 11) is 0. The van der Waals surface area contributed by atoms with E-state index >= 15 is 0 Å². The zero-order valence-electron chi connectivity index (χ0n) is 17.8. The fourth-order valence-corrected chi connectivity index (χ4v) is 3.31. The second-order valence-electron chi connectivity index (χ2n) is 8.51. The van der Waals surface area contributed by atoms with E-state index in [4.69, 9.17) is 14.5 Å².